The lowest BCUT2D eigenvalue weighted by molar-refractivity contribution is -0.115. The molecule has 0 aliphatic carbocycles. The molecule has 2 nitrogen and oxygen atoms in total. The molecule has 3 heteroatoms. The van der Waals surface area contributed by atoms with Crippen molar-refractivity contribution in [2.45, 2.75) is 6.42 Å². The van der Waals surface area contributed by atoms with Gasteiger partial charge in [-0.2, -0.15) is 0 Å². The minimum atomic E-state index is -0.162. The van der Waals surface area contributed by atoms with Gasteiger partial charge in [0.1, 0.15) is 0 Å². The molecule has 0 aliphatic rings. The van der Waals surface area contributed by atoms with Crippen LogP contribution in [0.5, 0.6) is 0 Å². The van der Waals surface area contributed by atoms with Gasteiger partial charge in [0.25, 0.3) is 0 Å². The van der Waals surface area contributed by atoms with Gasteiger partial charge in [-0.25, -0.2) is 0 Å². The zero-order valence-electron chi connectivity index (χ0n) is 6.88. The number of carbonyl (C=O) groups is 1. The van der Waals surface area contributed by atoms with Crippen LogP contribution in [0.15, 0.2) is 28.7 Å². The van der Waals surface area contributed by atoms with E-state index in [0.29, 0.717) is 0 Å². The first-order valence-corrected chi connectivity index (χ1v) is 4.50. The molecule has 1 N–H and O–H groups in total. The molecule has 1 amide bonds. The first-order valence-electron chi connectivity index (χ1n) is 3.71. The second kappa shape index (κ2) is 4.68. The number of hydrogen-bond donors (Lipinski definition) is 1. The van der Waals surface area contributed by atoms with E-state index in [9.17, 15) is 4.79 Å². The third-order valence-corrected chi connectivity index (χ3v) is 1.92. The van der Waals surface area contributed by atoms with Crippen LogP contribution in [0.2, 0.25) is 0 Å². The molecule has 0 radical (unpaired) electrons. The number of amides is 1. The van der Waals surface area contributed by atoms with Crippen molar-refractivity contribution in [2.75, 3.05) is 5.32 Å². The number of nitrogens with one attached hydrogen (secondary N) is 1. The molecule has 0 spiro atoms. The SMILES string of the molecule is C#CCC(=O)Nc1ccc(Br)cc1. The van der Waals surface area contributed by atoms with Crippen molar-refractivity contribution in [2.24, 2.45) is 0 Å². The van der Waals surface area contributed by atoms with Gasteiger partial charge in [0.2, 0.25) is 5.91 Å². The van der Waals surface area contributed by atoms with Crippen molar-refractivity contribution in [1.29, 1.82) is 0 Å². The highest BCUT2D eigenvalue weighted by atomic mass is 79.9. The summed E-state index contributed by atoms with van der Waals surface area (Å²) in [4.78, 5) is 11.0. The molecular formula is C10H8BrNO. The topological polar surface area (TPSA) is 29.1 Å². The van der Waals surface area contributed by atoms with Crippen molar-refractivity contribution in [3.05, 3.63) is 28.7 Å². The Kier molecular flexibility index (Phi) is 3.53. The molecule has 0 fully saturated rings. The monoisotopic (exact) mass is 237 g/mol. The third-order valence-electron chi connectivity index (χ3n) is 1.39. The lowest BCUT2D eigenvalue weighted by Crippen LogP contribution is -2.09. The summed E-state index contributed by atoms with van der Waals surface area (Å²) in [6.45, 7) is 0. The Morgan fingerprint density at radius 2 is 2.08 bits per heavy atom. The van der Waals surface area contributed by atoms with Crippen LogP contribution in [0.1, 0.15) is 6.42 Å². The van der Waals surface area contributed by atoms with Gasteiger partial charge in [-0.1, -0.05) is 21.9 Å². The van der Waals surface area contributed by atoms with Gasteiger partial charge in [0.15, 0.2) is 0 Å². The second-order valence-electron chi connectivity index (χ2n) is 2.44. The molecular weight excluding hydrogens is 230 g/mol. The average Bonchev–Trinajstić information content (AvgIpc) is 2.09. The van der Waals surface area contributed by atoms with E-state index in [4.69, 9.17) is 6.42 Å². The van der Waals surface area contributed by atoms with Gasteiger partial charge in [-0.15, -0.1) is 6.42 Å². The van der Waals surface area contributed by atoms with E-state index >= 15 is 0 Å². The minimum absolute atomic E-state index is 0.107. The van der Waals surface area contributed by atoms with Crippen molar-refractivity contribution in [3.8, 4) is 12.3 Å². The zero-order chi connectivity index (χ0) is 9.68. The number of halogens is 1. The summed E-state index contributed by atoms with van der Waals surface area (Å²) in [5.41, 5.74) is 0.753. The Hall–Kier alpha value is -1.27. The summed E-state index contributed by atoms with van der Waals surface area (Å²) in [6, 6.07) is 7.31. The summed E-state index contributed by atoms with van der Waals surface area (Å²) < 4.78 is 0.974. The second-order valence-corrected chi connectivity index (χ2v) is 3.35. The number of hydrogen-bond acceptors (Lipinski definition) is 1. The van der Waals surface area contributed by atoms with E-state index in [1.54, 1.807) is 12.1 Å². The van der Waals surface area contributed by atoms with Gasteiger partial charge in [-0.3, -0.25) is 4.79 Å². The van der Waals surface area contributed by atoms with E-state index in [2.05, 4.69) is 27.2 Å². The maximum Gasteiger partial charge on any atom is 0.236 e. The van der Waals surface area contributed by atoms with Crippen LogP contribution in [0.4, 0.5) is 5.69 Å². The standard InChI is InChI=1S/C10H8BrNO/c1-2-3-10(13)12-9-6-4-8(11)5-7-9/h1,4-7H,3H2,(H,12,13). The first-order chi connectivity index (χ1) is 6.22. The molecule has 0 atom stereocenters. The predicted octanol–water partition coefficient (Wildman–Crippen LogP) is 2.41. The summed E-state index contributed by atoms with van der Waals surface area (Å²) in [7, 11) is 0. The van der Waals surface area contributed by atoms with Crippen molar-refractivity contribution >= 4 is 27.5 Å². The smallest absolute Gasteiger partial charge is 0.236 e. The van der Waals surface area contributed by atoms with Crippen molar-refractivity contribution < 1.29 is 4.79 Å². The first kappa shape index (κ1) is 9.82. The van der Waals surface area contributed by atoms with Gasteiger partial charge in [0, 0.05) is 10.2 Å². The van der Waals surface area contributed by atoms with Crippen LogP contribution in [0.3, 0.4) is 0 Å². The number of rotatable bonds is 2. The van der Waals surface area contributed by atoms with E-state index in [1.807, 2.05) is 12.1 Å². The average molecular weight is 238 g/mol. The molecule has 0 saturated heterocycles. The fourth-order valence-electron chi connectivity index (χ4n) is 0.831. The molecule has 1 aromatic carbocycles. The van der Waals surface area contributed by atoms with E-state index in [1.165, 1.54) is 0 Å². The lowest BCUT2D eigenvalue weighted by atomic mass is 10.3. The van der Waals surface area contributed by atoms with Crippen LogP contribution in [0, 0.1) is 12.3 Å². The van der Waals surface area contributed by atoms with Gasteiger partial charge in [-0.05, 0) is 24.3 Å². The fourth-order valence-corrected chi connectivity index (χ4v) is 1.10. The molecule has 0 saturated carbocycles. The summed E-state index contributed by atoms with van der Waals surface area (Å²) in [6.07, 6.45) is 5.10. The fraction of sp³-hybridized carbons (Fsp3) is 0.100. The van der Waals surface area contributed by atoms with Crippen LogP contribution in [0.25, 0.3) is 0 Å². The highest BCUT2D eigenvalue weighted by molar-refractivity contribution is 9.10. The Morgan fingerprint density at radius 3 is 2.62 bits per heavy atom. The highest BCUT2D eigenvalue weighted by Gasteiger charge is 1.98. The predicted molar refractivity (Wildman–Crippen MR) is 56.2 cm³/mol. The van der Waals surface area contributed by atoms with Crippen molar-refractivity contribution in [1.82, 2.24) is 0 Å². The highest BCUT2D eigenvalue weighted by Crippen LogP contribution is 2.13. The van der Waals surface area contributed by atoms with E-state index < -0.39 is 0 Å². The molecule has 0 aliphatic heterocycles. The lowest BCUT2D eigenvalue weighted by Gasteiger charge is -2.01. The number of anilines is 1. The summed E-state index contributed by atoms with van der Waals surface area (Å²) in [5, 5.41) is 2.67. The van der Waals surface area contributed by atoms with Crippen LogP contribution < -0.4 is 5.32 Å². The maximum atomic E-state index is 11.0. The molecule has 0 aromatic heterocycles. The van der Waals surface area contributed by atoms with Gasteiger partial charge < -0.3 is 5.32 Å². The Bertz CT molecular complexity index is 337. The third kappa shape index (κ3) is 3.30. The minimum Gasteiger partial charge on any atom is -0.325 e. The molecule has 1 aromatic rings. The van der Waals surface area contributed by atoms with Crippen LogP contribution in [-0.2, 0) is 4.79 Å². The quantitative estimate of drug-likeness (QED) is 0.787. The maximum absolute atomic E-state index is 11.0. The van der Waals surface area contributed by atoms with Gasteiger partial charge in [0.05, 0.1) is 6.42 Å². The molecule has 1 rings (SSSR count). The Balaban J connectivity index is 2.60. The molecule has 66 valence electrons. The van der Waals surface area contributed by atoms with Crippen molar-refractivity contribution in [3.63, 3.8) is 0 Å². The van der Waals surface area contributed by atoms with Gasteiger partial charge >= 0.3 is 0 Å². The number of carbonyl (C=O) groups excluding carboxylic acids is 1. The molecule has 0 heterocycles. The van der Waals surface area contributed by atoms with Crippen LogP contribution >= 0.6 is 15.9 Å². The molecule has 0 bridgehead atoms. The largest absolute Gasteiger partial charge is 0.325 e. The number of benzene rings is 1. The van der Waals surface area contributed by atoms with E-state index in [-0.39, 0.29) is 12.3 Å². The summed E-state index contributed by atoms with van der Waals surface area (Å²) in [5.74, 6) is 2.12. The Labute approximate surface area is 85.5 Å². The molecule has 13 heavy (non-hydrogen) atoms. The number of terminal acetylenes is 1. The normalized spacial score (nSPS) is 8.92. The summed E-state index contributed by atoms with van der Waals surface area (Å²) >= 11 is 3.30. The Morgan fingerprint density at radius 1 is 1.46 bits per heavy atom. The van der Waals surface area contributed by atoms with Crippen LogP contribution in [-0.4, -0.2) is 5.91 Å². The zero-order valence-corrected chi connectivity index (χ0v) is 8.47. The van der Waals surface area contributed by atoms with E-state index in [0.717, 1.165) is 10.2 Å². The molecule has 0 unspecified atom stereocenters.